The molecular weight excluding hydrogens is 330 g/mol. The lowest BCUT2D eigenvalue weighted by Crippen LogP contribution is -2.44. The van der Waals surface area contributed by atoms with Crippen LogP contribution in [0.2, 0.25) is 0 Å². The minimum atomic E-state index is -1.03. The van der Waals surface area contributed by atoms with Gasteiger partial charge in [0, 0.05) is 44.0 Å². The zero-order valence-corrected chi connectivity index (χ0v) is 13.7. The number of nitrogens with zero attached hydrogens (tertiary/aromatic N) is 4. The number of carbonyl (C=O) groups excluding carboxylic acids is 1. The summed E-state index contributed by atoms with van der Waals surface area (Å²) < 4.78 is 26.1. The van der Waals surface area contributed by atoms with Gasteiger partial charge in [-0.25, -0.2) is 23.5 Å². The monoisotopic (exact) mass is 348 g/mol. The molecule has 0 aliphatic carbocycles. The molecule has 132 valence electrons. The Hall–Kier alpha value is -2.81. The molecule has 9 heteroatoms. The fourth-order valence-corrected chi connectivity index (χ4v) is 2.48. The van der Waals surface area contributed by atoms with Crippen LogP contribution in [-0.2, 0) is 0 Å². The zero-order valence-electron chi connectivity index (χ0n) is 13.7. The molecule has 0 radical (unpaired) electrons. The zero-order chi connectivity index (χ0) is 17.8. The molecule has 2 heterocycles. The van der Waals surface area contributed by atoms with E-state index in [0.29, 0.717) is 5.82 Å². The second-order valence-corrected chi connectivity index (χ2v) is 5.76. The molecule has 0 spiro atoms. The fourth-order valence-electron chi connectivity index (χ4n) is 2.48. The van der Waals surface area contributed by atoms with Crippen molar-refractivity contribution < 1.29 is 13.6 Å². The smallest absolute Gasteiger partial charge is 0.324 e. The van der Waals surface area contributed by atoms with Crippen molar-refractivity contribution in [1.29, 1.82) is 0 Å². The molecule has 2 aromatic rings. The molecule has 0 saturated carbocycles. The second-order valence-electron chi connectivity index (χ2n) is 5.76. The summed E-state index contributed by atoms with van der Waals surface area (Å²) in [7, 11) is 2.06. The molecule has 1 saturated heterocycles. The van der Waals surface area contributed by atoms with E-state index in [0.717, 1.165) is 44.1 Å². The summed E-state index contributed by atoms with van der Waals surface area (Å²) in [5.41, 5.74) is 0.143. The third-order valence-corrected chi connectivity index (χ3v) is 3.90. The number of aromatic nitrogens is 2. The van der Waals surface area contributed by atoms with Crippen molar-refractivity contribution in [2.45, 2.75) is 0 Å². The summed E-state index contributed by atoms with van der Waals surface area (Å²) in [5.74, 6) is -0.953. The topological polar surface area (TPSA) is 73.4 Å². The summed E-state index contributed by atoms with van der Waals surface area (Å²) in [5, 5.41) is 4.98. The maximum Gasteiger partial charge on any atom is 0.324 e. The largest absolute Gasteiger partial charge is 0.354 e. The van der Waals surface area contributed by atoms with E-state index in [-0.39, 0.29) is 5.69 Å². The Morgan fingerprint density at radius 3 is 2.52 bits per heavy atom. The third kappa shape index (κ3) is 4.38. The Morgan fingerprint density at radius 2 is 1.80 bits per heavy atom. The highest BCUT2D eigenvalue weighted by Gasteiger charge is 2.16. The Kier molecular flexibility index (Phi) is 5.03. The molecule has 0 bridgehead atoms. The van der Waals surface area contributed by atoms with Gasteiger partial charge in [-0.05, 0) is 19.2 Å². The van der Waals surface area contributed by atoms with Crippen molar-refractivity contribution in [3.63, 3.8) is 0 Å². The highest BCUT2D eigenvalue weighted by Crippen LogP contribution is 2.17. The molecule has 2 N–H and O–H groups in total. The minimum absolute atomic E-state index is 0.143. The number of halogens is 2. The first-order valence-corrected chi connectivity index (χ1v) is 7.80. The molecule has 0 unspecified atom stereocenters. The van der Waals surface area contributed by atoms with E-state index in [4.69, 9.17) is 0 Å². The predicted octanol–water partition coefficient (Wildman–Crippen LogP) is 2.15. The Labute approximate surface area is 143 Å². The summed E-state index contributed by atoms with van der Waals surface area (Å²) in [6.07, 6.45) is 1.38. The molecule has 1 aliphatic rings. The van der Waals surface area contributed by atoms with E-state index in [9.17, 15) is 13.6 Å². The molecule has 2 amide bonds. The van der Waals surface area contributed by atoms with Crippen LogP contribution in [0.5, 0.6) is 0 Å². The number of hydrogen-bond acceptors (Lipinski definition) is 5. The summed E-state index contributed by atoms with van der Waals surface area (Å²) >= 11 is 0. The summed E-state index contributed by atoms with van der Waals surface area (Å²) in [6.45, 7) is 3.55. The number of nitrogens with one attached hydrogen (secondary N) is 2. The number of carbonyl (C=O) groups is 1. The van der Waals surface area contributed by atoms with E-state index in [2.05, 4.69) is 37.4 Å². The van der Waals surface area contributed by atoms with Crippen LogP contribution >= 0.6 is 0 Å². The lowest BCUT2D eigenvalue weighted by molar-refractivity contribution is 0.262. The van der Waals surface area contributed by atoms with Gasteiger partial charge >= 0.3 is 6.03 Å². The average Bonchev–Trinajstić information content (AvgIpc) is 2.59. The number of benzene rings is 1. The normalized spacial score (nSPS) is 15.1. The fraction of sp³-hybridized carbons (Fsp3) is 0.312. The first-order chi connectivity index (χ1) is 12.0. The van der Waals surface area contributed by atoms with Crippen LogP contribution < -0.4 is 15.5 Å². The van der Waals surface area contributed by atoms with Crippen molar-refractivity contribution in [1.82, 2.24) is 14.9 Å². The number of likely N-dealkylation sites (N-methyl/N-ethyl adjacent to an activating group) is 1. The quantitative estimate of drug-likeness (QED) is 0.889. The van der Waals surface area contributed by atoms with Gasteiger partial charge in [0.1, 0.15) is 18.0 Å². The summed E-state index contributed by atoms with van der Waals surface area (Å²) in [6, 6.07) is 4.20. The van der Waals surface area contributed by atoms with E-state index in [1.54, 1.807) is 6.07 Å². The lowest BCUT2D eigenvalue weighted by atomic mass is 10.3. The van der Waals surface area contributed by atoms with Crippen LogP contribution in [0, 0.1) is 11.6 Å². The van der Waals surface area contributed by atoms with E-state index in [1.807, 2.05) is 0 Å². The number of hydrogen-bond donors (Lipinski definition) is 2. The molecule has 1 aromatic heterocycles. The van der Waals surface area contributed by atoms with Gasteiger partial charge in [0.15, 0.2) is 11.6 Å². The van der Waals surface area contributed by atoms with Crippen molar-refractivity contribution in [3.8, 4) is 0 Å². The number of rotatable bonds is 3. The van der Waals surface area contributed by atoms with Gasteiger partial charge in [-0.3, -0.25) is 5.32 Å². The van der Waals surface area contributed by atoms with Gasteiger partial charge in [-0.2, -0.15) is 0 Å². The lowest BCUT2D eigenvalue weighted by Gasteiger charge is -2.33. The maximum absolute atomic E-state index is 13.2. The van der Waals surface area contributed by atoms with Gasteiger partial charge in [0.05, 0.1) is 0 Å². The Morgan fingerprint density at radius 1 is 1.04 bits per heavy atom. The van der Waals surface area contributed by atoms with Crippen LogP contribution in [0.3, 0.4) is 0 Å². The molecule has 1 fully saturated rings. The predicted molar refractivity (Wildman–Crippen MR) is 90.7 cm³/mol. The standard InChI is InChI=1S/C16H18F2N6O/c1-23-4-6-24(7-5-23)15-9-14(19-10-20-15)22-16(25)21-11-2-3-12(17)13(18)8-11/h2-3,8-10H,4-7H2,1H3,(H2,19,20,21,22,25). The SMILES string of the molecule is CN1CCN(c2cc(NC(=O)Nc3ccc(F)c(F)c3)ncn2)CC1. The number of anilines is 3. The second kappa shape index (κ2) is 7.39. The average molecular weight is 348 g/mol. The highest BCUT2D eigenvalue weighted by atomic mass is 19.2. The number of urea groups is 1. The summed E-state index contributed by atoms with van der Waals surface area (Å²) in [4.78, 5) is 24.6. The molecule has 3 rings (SSSR count). The van der Waals surface area contributed by atoms with Crippen molar-refractivity contribution in [2.24, 2.45) is 0 Å². The third-order valence-electron chi connectivity index (χ3n) is 3.90. The Bertz CT molecular complexity index is 764. The molecule has 1 aliphatic heterocycles. The highest BCUT2D eigenvalue weighted by molar-refractivity contribution is 5.99. The van der Waals surface area contributed by atoms with E-state index >= 15 is 0 Å². The molecular formula is C16H18F2N6O. The van der Waals surface area contributed by atoms with Crippen molar-refractivity contribution in [2.75, 3.05) is 48.8 Å². The van der Waals surface area contributed by atoms with Gasteiger partial charge < -0.3 is 15.1 Å². The van der Waals surface area contributed by atoms with E-state index in [1.165, 1.54) is 12.4 Å². The van der Waals surface area contributed by atoms with Crippen LogP contribution in [0.15, 0.2) is 30.6 Å². The van der Waals surface area contributed by atoms with Crippen LogP contribution in [0.4, 0.5) is 30.9 Å². The van der Waals surface area contributed by atoms with Gasteiger partial charge in [0.25, 0.3) is 0 Å². The van der Waals surface area contributed by atoms with Gasteiger partial charge in [-0.15, -0.1) is 0 Å². The minimum Gasteiger partial charge on any atom is -0.354 e. The van der Waals surface area contributed by atoms with Crippen molar-refractivity contribution in [3.05, 3.63) is 42.2 Å². The molecule has 25 heavy (non-hydrogen) atoms. The molecule has 0 atom stereocenters. The van der Waals surface area contributed by atoms with Crippen molar-refractivity contribution >= 4 is 23.4 Å². The van der Waals surface area contributed by atoms with Gasteiger partial charge in [0.2, 0.25) is 0 Å². The van der Waals surface area contributed by atoms with Crippen LogP contribution in [0.25, 0.3) is 0 Å². The molecule has 7 nitrogen and oxygen atoms in total. The molecule has 1 aromatic carbocycles. The maximum atomic E-state index is 13.2. The first-order valence-electron chi connectivity index (χ1n) is 7.80. The Balaban J connectivity index is 1.63. The van der Waals surface area contributed by atoms with Crippen LogP contribution in [0.1, 0.15) is 0 Å². The number of amides is 2. The number of piperazine rings is 1. The van der Waals surface area contributed by atoms with E-state index < -0.39 is 17.7 Å². The van der Waals surface area contributed by atoms with Gasteiger partial charge in [-0.1, -0.05) is 0 Å². The van der Waals surface area contributed by atoms with Crippen LogP contribution in [-0.4, -0.2) is 54.1 Å². The first kappa shape index (κ1) is 17.0.